The molecule has 0 aromatic rings. The van der Waals surface area contributed by atoms with Crippen LogP contribution in [-0.2, 0) is 4.74 Å². The molecule has 1 saturated carbocycles. The molecule has 1 atom stereocenters. The van der Waals surface area contributed by atoms with Gasteiger partial charge in [0.25, 0.3) is 0 Å². The Morgan fingerprint density at radius 3 is 2.50 bits per heavy atom. The Morgan fingerprint density at radius 1 is 1.43 bits per heavy atom. The first-order valence-corrected chi connectivity index (χ1v) is 5.80. The van der Waals surface area contributed by atoms with E-state index in [0.29, 0.717) is 12.5 Å². The van der Waals surface area contributed by atoms with E-state index in [9.17, 15) is 5.11 Å². The van der Waals surface area contributed by atoms with Gasteiger partial charge in [0, 0.05) is 7.11 Å². The molecular formula is C12H24O2. The Bertz CT molecular complexity index is 164. The molecule has 0 aromatic carbocycles. The molecule has 1 unspecified atom stereocenters. The largest absolute Gasteiger partial charge is 0.387 e. The van der Waals surface area contributed by atoms with Crippen LogP contribution in [0.3, 0.4) is 0 Å². The highest BCUT2D eigenvalue weighted by molar-refractivity contribution is 4.94. The molecule has 84 valence electrons. The van der Waals surface area contributed by atoms with Crippen molar-refractivity contribution in [1.29, 1.82) is 0 Å². The maximum Gasteiger partial charge on any atom is 0.0907 e. The summed E-state index contributed by atoms with van der Waals surface area (Å²) in [6, 6.07) is 0. The lowest BCUT2D eigenvalue weighted by atomic mass is 9.90. The predicted octanol–water partition coefficient (Wildman–Crippen LogP) is 2.60. The quantitative estimate of drug-likeness (QED) is 0.684. The van der Waals surface area contributed by atoms with Crippen LogP contribution in [0.5, 0.6) is 0 Å². The molecule has 1 N–H and O–H groups in total. The van der Waals surface area contributed by atoms with Gasteiger partial charge >= 0.3 is 0 Å². The monoisotopic (exact) mass is 200 g/mol. The second-order valence-electron chi connectivity index (χ2n) is 5.10. The van der Waals surface area contributed by atoms with E-state index in [2.05, 4.69) is 13.8 Å². The van der Waals surface area contributed by atoms with Crippen molar-refractivity contribution < 1.29 is 9.84 Å². The van der Waals surface area contributed by atoms with E-state index >= 15 is 0 Å². The molecule has 0 spiro atoms. The number of hydrogen-bond acceptors (Lipinski definition) is 2. The van der Waals surface area contributed by atoms with Gasteiger partial charge in [-0.1, -0.05) is 26.7 Å². The molecule has 0 aliphatic heterocycles. The maximum absolute atomic E-state index is 10.3. The molecular weight excluding hydrogens is 176 g/mol. The first kappa shape index (κ1) is 12.0. The normalized spacial score (nSPS) is 21.2. The summed E-state index contributed by atoms with van der Waals surface area (Å²) in [4.78, 5) is 0. The van der Waals surface area contributed by atoms with Gasteiger partial charge in [0.15, 0.2) is 0 Å². The van der Waals surface area contributed by atoms with E-state index < -0.39 is 5.60 Å². The number of aliphatic hydroxyl groups is 1. The summed E-state index contributed by atoms with van der Waals surface area (Å²) in [6.07, 6.45) is 5.60. The molecule has 1 aliphatic rings. The van der Waals surface area contributed by atoms with Gasteiger partial charge in [-0.25, -0.2) is 0 Å². The fourth-order valence-electron chi connectivity index (χ4n) is 2.08. The third-order valence-electron chi connectivity index (χ3n) is 3.12. The Kier molecular flexibility index (Phi) is 4.39. The third kappa shape index (κ3) is 3.58. The van der Waals surface area contributed by atoms with Gasteiger partial charge in [-0.2, -0.15) is 0 Å². The van der Waals surface area contributed by atoms with Crippen LogP contribution in [-0.4, -0.2) is 24.4 Å². The molecule has 2 nitrogen and oxygen atoms in total. The molecule has 2 heteroatoms. The summed E-state index contributed by atoms with van der Waals surface area (Å²) < 4.78 is 5.12. The molecule has 0 aromatic heterocycles. The van der Waals surface area contributed by atoms with Crippen LogP contribution in [0.1, 0.15) is 46.0 Å². The fourth-order valence-corrected chi connectivity index (χ4v) is 2.08. The van der Waals surface area contributed by atoms with Gasteiger partial charge in [0.05, 0.1) is 12.2 Å². The van der Waals surface area contributed by atoms with E-state index in [0.717, 1.165) is 18.8 Å². The Labute approximate surface area is 87.7 Å². The second-order valence-corrected chi connectivity index (χ2v) is 5.10. The summed E-state index contributed by atoms with van der Waals surface area (Å²) in [6.45, 7) is 4.97. The SMILES string of the molecule is COCC(O)(CCCC(C)C)C1CC1. The zero-order chi connectivity index (χ0) is 10.6. The summed E-state index contributed by atoms with van der Waals surface area (Å²) in [5, 5.41) is 10.3. The van der Waals surface area contributed by atoms with Crippen LogP contribution in [0, 0.1) is 11.8 Å². The van der Waals surface area contributed by atoms with Crippen LogP contribution in [0.15, 0.2) is 0 Å². The van der Waals surface area contributed by atoms with Gasteiger partial charge < -0.3 is 9.84 Å². The average Bonchev–Trinajstić information content (AvgIpc) is 2.85. The predicted molar refractivity (Wildman–Crippen MR) is 58.2 cm³/mol. The fraction of sp³-hybridized carbons (Fsp3) is 1.00. The van der Waals surface area contributed by atoms with Crippen molar-refractivity contribution >= 4 is 0 Å². The Balaban J connectivity index is 2.27. The number of ether oxygens (including phenoxy) is 1. The van der Waals surface area contributed by atoms with Crippen molar-refractivity contribution in [3.05, 3.63) is 0 Å². The summed E-state index contributed by atoms with van der Waals surface area (Å²) >= 11 is 0. The highest BCUT2D eigenvalue weighted by atomic mass is 16.5. The van der Waals surface area contributed by atoms with Crippen molar-refractivity contribution in [3.8, 4) is 0 Å². The summed E-state index contributed by atoms with van der Waals surface area (Å²) in [5.74, 6) is 1.25. The van der Waals surface area contributed by atoms with Gasteiger partial charge in [0.1, 0.15) is 0 Å². The van der Waals surface area contributed by atoms with E-state index in [1.165, 1.54) is 19.3 Å². The van der Waals surface area contributed by atoms with Gasteiger partial charge in [-0.3, -0.25) is 0 Å². The lowest BCUT2D eigenvalue weighted by Gasteiger charge is -2.27. The Hall–Kier alpha value is -0.0800. The first-order chi connectivity index (χ1) is 6.58. The molecule has 14 heavy (non-hydrogen) atoms. The van der Waals surface area contributed by atoms with Gasteiger partial charge in [0.2, 0.25) is 0 Å². The van der Waals surface area contributed by atoms with Crippen molar-refractivity contribution in [2.45, 2.75) is 51.6 Å². The minimum Gasteiger partial charge on any atom is -0.387 e. The lowest BCUT2D eigenvalue weighted by molar-refractivity contribution is -0.0556. The van der Waals surface area contributed by atoms with Crippen molar-refractivity contribution in [1.82, 2.24) is 0 Å². The van der Waals surface area contributed by atoms with Crippen LogP contribution in [0.2, 0.25) is 0 Å². The summed E-state index contributed by atoms with van der Waals surface area (Å²) in [7, 11) is 1.68. The van der Waals surface area contributed by atoms with Gasteiger partial charge in [-0.15, -0.1) is 0 Å². The van der Waals surface area contributed by atoms with Crippen LogP contribution in [0.4, 0.5) is 0 Å². The molecule has 1 fully saturated rings. The van der Waals surface area contributed by atoms with E-state index in [4.69, 9.17) is 4.74 Å². The van der Waals surface area contributed by atoms with Crippen molar-refractivity contribution in [3.63, 3.8) is 0 Å². The molecule has 0 radical (unpaired) electrons. The molecule has 1 aliphatic carbocycles. The third-order valence-corrected chi connectivity index (χ3v) is 3.12. The van der Waals surface area contributed by atoms with Gasteiger partial charge in [-0.05, 0) is 31.1 Å². The zero-order valence-electron chi connectivity index (χ0n) is 9.75. The minimum atomic E-state index is -0.524. The number of hydrogen-bond donors (Lipinski definition) is 1. The van der Waals surface area contributed by atoms with Crippen LogP contribution in [0.25, 0.3) is 0 Å². The first-order valence-electron chi connectivity index (χ1n) is 5.80. The van der Waals surface area contributed by atoms with E-state index in [1.54, 1.807) is 7.11 Å². The maximum atomic E-state index is 10.3. The topological polar surface area (TPSA) is 29.5 Å². The van der Waals surface area contributed by atoms with Crippen molar-refractivity contribution in [2.75, 3.05) is 13.7 Å². The van der Waals surface area contributed by atoms with Crippen LogP contribution < -0.4 is 0 Å². The smallest absolute Gasteiger partial charge is 0.0907 e. The Morgan fingerprint density at radius 2 is 2.07 bits per heavy atom. The summed E-state index contributed by atoms with van der Waals surface area (Å²) in [5.41, 5.74) is -0.524. The van der Waals surface area contributed by atoms with E-state index in [-0.39, 0.29) is 0 Å². The van der Waals surface area contributed by atoms with Crippen LogP contribution >= 0.6 is 0 Å². The second kappa shape index (κ2) is 5.13. The molecule has 0 amide bonds. The number of rotatable bonds is 7. The standard InChI is InChI=1S/C12H24O2/c1-10(2)5-4-8-12(13,9-14-3)11-6-7-11/h10-11,13H,4-9H2,1-3H3. The zero-order valence-corrected chi connectivity index (χ0v) is 9.75. The van der Waals surface area contributed by atoms with Crippen molar-refractivity contribution in [2.24, 2.45) is 11.8 Å². The average molecular weight is 200 g/mol. The molecule has 0 heterocycles. The van der Waals surface area contributed by atoms with E-state index in [1.807, 2.05) is 0 Å². The molecule has 1 rings (SSSR count). The highest BCUT2D eigenvalue weighted by Crippen LogP contribution is 2.42. The molecule has 0 saturated heterocycles. The highest BCUT2D eigenvalue weighted by Gasteiger charge is 2.43. The number of methoxy groups -OCH3 is 1. The minimum absolute atomic E-state index is 0.509. The molecule has 0 bridgehead atoms. The lowest BCUT2D eigenvalue weighted by Crippen LogP contribution is -2.36.